The van der Waals surface area contributed by atoms with Gasteiger partial charge in [0.15, 0.2) is 0 Å². The highest BCUT2D eigenvalue weighted by Gasteiger charge is 2.57. The highest BCUT2D eigenvalue weighted by molar-refractivity contribution is 5.92. The van der Waals surface area contributed by atoms with Crippen LogP contribution in [0.25, 0.3) is 0 Å². The topological polar surface area (TPSA) is 35.5 Å². The first-order chi connectivity index (χ1) is 9.24. The van der Waals surface area contributed by atoms with Gasteiger partial charge in [0.05, 0.1) is 12.0 Å². The Labute approximate surface area is 113 Å². The lowest BCUT2D eigenvalue weighted by Gasteiger charge is -2.44. The second-order valence-electron chi connectivity index (χ2n) is 5.68. The first kappa shape index (κ1) is 12.7. The van der Waals surface area contributed by atoms with E-state index in [1.54, 1.807) is 7.11 Å². The molecule has 2 aliphatic carbocycles. The van der Waals surface area contributed by atoms with Gasteiger partial charge >= 0.3 is 0 Å². The summed E-state index contributed by atoms with van der Waals surface area (Å²) in [7, 11) is 1.69. The van der Waals surface area contributed by atoms with Gasteiger partial charge < -0.3 is 9.47 Å². The van der Waals surface area contributed by atoms with Crippen molar-refractivity contribution in [1.29, 1.82) is 0 Å². The molecule has 3 nitrogen and oxygen atoms in total. The Kier molecular flexibility index (Phi) is 3.31. The van der Waals surface area contributed by atoms with Crippen LogP contribution in [0, 0.1) is 5.41 Å². The Hall–Kier alpha value is -1.35. The summed E-state index contributed by atoms with van der Waals surface area (Å²) in [5, 5.41) is 0. The summed E-state index contributed by atoms with van der Waals surface area (Å²) in [6.07, 6.45) is 5.00. The van der Waals surface area contributed by atoms with Crippen LogP contribution in [0.4, 0.5) is 0 Å². The van der Waals surface area contributed by atoms with Crippen LogP contribution in [0.1, 0.15) is 37.7 Å². The van der Waals surface area contributed by atoms with Crippen molar-refractivity contribution in [1.82, 2.24) is 0 Å². The minimum absolute atomic E-state index is 0.0836. The standard InChI is InChI=1S/C16H20O3/c1-18-11-12-5-4-6-13(9-12)19-15-10-14(17)16(15)7-2-3-8-16/h4-6,9,15H,2-3,7-8,10-11H2,1H3. The van der Waals surface area contributed by atoms with Crippen molar-refractivity contribution in [2.45, 2.75) is 44.8 Å². The molecule has 0 aliphatic heterocycles. The molecule has 1 atom stereocenters. The normalized spacial score (nSPS) is 24.5. The molecule has 1 unspecified atom stereocenters. The van der Waals surface area contributed by atoms with Crippen molar-refractivity contribution < 1.29 is 14.3 Å². The summed E-state index contributed by atoms with van der Waals surface area (Å²) in [5.74, 6) is 1.27. The van der Waals surface area contributed by atoms with E-state index in [4.69, 9.17) is 9.47 Å². The Bertz CT molecular complexity index is 475. The molecule has 0 N–H and O–H groups in total. The average Bonchev–Trinajstić information content (AvgIpc) is 2.92. The van der Waals surface area contributed by atoms with Crippen molar-refractivity contribution in [2.75, 3.05) is 7.11 Å². The van der Waals surface area contributed by atoms with Crippen molar-refractivity contribution in [3.63, 3.8) is 0 Å². The maximum atomic E-state index is 11.9. The van der Waals surface area contributed by atoms with Crippen molar-refractivity contribution >= 4 is 5.78 Å². The molecule has 2 saturated carbocycles. The van der Waals surface area contributed by atoms with Gasteiger partial charge in [-0.15, -0.1) is 0 Å². The van der Waals surface area contributed by atoms with Crippen LogP contribution in [0.5, 0.6) is 5.75 Å². The van der Waals surface area contributed by atoms with Crippen LogP contribution in [0.3, 0.4) is 0 Å². The average molecular weight is 260 g/mol. The predicted molar refractivity (Wildman–Crippen MR) is 72.1 cm³/mol. The zero-order valence-electron chi connectivity index (χ0n) is 11.4. The molecule has 2 aliphatic rings. The molecule has 0 aromatic heterocycles. The van der Waals surface area contributed by atoms with E-state index in [9.17, 15) is 4.79 Å². The van der Waals surface area contributed by atoms with E-state index < -0.39 is 0 Å². The Morgan fingerprint density at radius 1 is 1.32 bits per heavy atom. The second kappa shape index (κ2) is 4.97. The monoisotopic (exact) mass is 260 g/mol. The Morgan fingerprint density at radius 3 is 2.79 bits per heavy atom. The molecule has 3 rings (SSSR count). The molecule has 1 spiro atoms. The number of methoxy groups -OCH3 is 1. The van der Waals surface area contributed by atoms with Crippen LogP contribution < -0.4 is 4.74 Å². The summed E-state index contributed by atoms with van der Waals surface area (Å²) in [5.41, 5.74) is 0.947. The van der Waals surface area contributed by atoms with E-state index in [1.165, 1.54) is 0 Å². The van der Waals surface area contributed by atoms with Crippen LogP contribution >= 0.6 is 0 Å². The quantitative estimate of drug-likeness (QED) is 0.834. The Morgan fingerprint density at radius 2 is 2.11 bits per heavy atom. The number of Topliss-reactive ketones (excluding diaryl/α,β-unsaturated/α-hetero) is 1. The first-order valence-electron chi connectivity index (χ1n) is 7.02. The molecule has 3 heteroatoms. The maximum absolute atomic E-state index is 11.9. The van der Waals surface area contributed by atoms with Gasteiger partial charge in [-0.05, 0) is 30.5 Å². The summed E-state index contributed by atoms with van der Waals surface area (Å²) in [6, 6.07) is 7.97. The van der Waals surface area contributed by atoms with E-state index in [0.717, 1.165) is 37.0 Å². The fourth-order valence-electron chi connectivity index (χ4n) is 3.42. The van der Waals surface area contributed by atoms with Gasteiger partial charge in [-0.3, -0.25) is 4.79 Å². The molecule has 0 saturated heterocycles. The van der Waals surface area contributed by atoms with Crippen molar-refractivity contribution in [3.8, 4) is 5.75 Å². The zero-order chi connectivity index (χ0) is 13.3. The molecular weight excluding hydrogens is 240 g/mol. The minimum Gasteiger partial charge on any atom is -0.489 e. The maximum Gasteiger partial charge on any atom is 0.146 e. The van der Waals surface area contributed by atoms with Crippen molar-refractivity contribution in [3.05, 3.63) is 29.8 Å². The Balaban J connectivity index is 1.71. The summed E-state index contributed by atoms with van der Waals surface area (Å²) >= 11 is 0. The van der Waals surface area contributed by atoms with E-state index in [1.807, 2.05) is 24.3 Å². The number of ketones is 1. The summed E-state index contributed by atoms with van der Waals surface area (Å²) < 4.78 is 11.2. The molecule has 102 valence electrons. The SMILES string of the molecule is COCc1cccc(OC2CC(=O)C23CCCC3)c1. The molecule has 19 heavy (non-hydrogen) atoms. The third kappa shape index (κ3) is 2.16. The van der Waals surface area contributed by atoms with Crippen LogP contribution in [0.15, 0.2) is 24.3 Å². The minimum atomic E-state index is -0.155. The second-order valence-corrected chi connectivity index (χ2v) is 5.68. The highest BCUT2D eigenvalue weighted by atomic mass is 16.5. The summed E-state index contributed by atoms with van der Waals surface area (Å²) in [4.78, 5) is 11.9. The molecule has 0 amide bonds. The lowest BCUT2D eigenvalue weighted by molar-refractivity contribution is -0.151. The van der Waals surface area contributed by atoms with Gasteiger partial charge in [0.25, 0.3) is 0 Å². The number of hydrogen-bond donors (Lipinski definition) is 0. The fraction of sp³-hybridized carbons (Fsp3) is 0.562. The smallest absolute Gasteiger partial charge is 0.146 e. The third-order valence-corrected chi connectivity index (χ3v) is 4.53. The first-order valence-corrected chi connectivity index (χ1v) is 7.02. The third-order valence-electron chi connectivity index (χ3n) is 4.53. The van der Waals surface area contributed by atoms with Crippen LogP contribution in [0.2, 0.25) is 0 Å². The zero-order valence-corrected chi connectivity index (χ0v) is 11.4. The van der Waals surface area contributed by atoms with Gasteiger partial charge in [0, 0.05) is 13.5 Å². The predicted octanol–water partition coefficient (Wildman–Crippen LogP) is 3.11. The lowest BCUT2D eigenvalue weighted by atomic mass is 9.63. The van der Waals surface area contributed by atoms with Gasteiger partial charge in [0.1, 0.15) is 17.6 Å². The van der Waals surface area contributed by atoms with E-state index in [0.29, 0.717) is 18.8 Å². The van der Waals surface area contributed by atoms with Gasteiger partial charge in [-0.25, -0.2) is 0 Å². The van der Waals surface area contributed by atoms with Crippen molar-refractivity contribution in [2.24, 2.45) is 5.41 Å². The molecule has 2 fully saturated rings. The molecule has 0 bridgehead atoms. The molecule has 1 aromatic carbocycles. The molecule has 0 radical (unpaired) electrons. The van der Waals surface area contributed by atoms with E-state index in [2.05, 4.69) is 0 Å². The van der Waals surface area contributed by atoms with Gasteiger partial charge in [-0.2, -0.15) is 0 Å². The lowest BCUT2D eigenvalue weighted by Crippen LogP contribution is -2.55. The number of benzene rings is 1. The highest BCUT2D eigenvalue weighted by Crippen LogP contribution is 2.51. The molecular formula is C16H20O3. The van der Waals surface area contributed by atoms with E-state index >= 15 is 0 Å². The fourth-order valence-corrected chi connectivity index (χ4v) is 3.42. The number of carbonyl (C=O) groups is 1. The van der Waals surface area contributed by atoms with Crippen LogP contribution in [-0.4, -0.2) is 19.0 Å². The number of hydrogen-bond acceptors (Lipinski definition) is 3. The van der Waals surface area contributed by atoms with Gasteiger partial charge in [-0.1, -0.05) is 25.0 Å². The van der Waals surface area contributed by atoms with Gasteiger partial charge in [0.2, 0.25) is 0 Å². The van der Waals surface area contributed by atoms with E-state index in [-0.39, 0.29) is 11.5 Å². The largest absolute Gasteiger partial charge is 0.489 e. The number of carbonyl (C=O) groups excluding carboxylic acids is 1. The molecule has 0 heterocycles. The molecule has 1 aromatic rings. The summed E-state index contributed by atoms with van der Waals surface area (Å²) in [6.45, 7) is 0.589. The van der Waals surface area contributed by atoms with Crippen LogP contribution in [-0.2, 0) is 16.1 Å². The number of rotatable bonds is 4. The number of ether oxygens (including phenoxy) is 2.